The third-order valence-corrected chi connectivity index (χ3v) is 5.97. The van der Waals surface area contributed by atoms with E-state index in [0.29, 0.717) is 5.92 Å². The van der Waals surface area contributed by atoms with Crippen molar-refractivity contribution in [1.82, 2.24) is 14.9 Å². The van der Waals surface area contributed by atoms with Crippen LogP contribution in [-0.4, -0.2) is 40.4 Å². The molecule has 1 aliphatic heterocycles. The van der Waals surface area contributed by atoms with Crippen molar-refractivity contribution in [3.8, 4) is 0 Å². The Bertz CT molecular complexity index is 916. The standard InChI is InChI=1S/C21H24N4OS/c1-2-18-23-19(17-10-13-27-20(17)24-18)22-14-15-8-11-25(12-9-15)21(26)16-6-4-3-5-7-16/h3-7,10,13,15H,2,8-9,11-12,14H2,1H3,(H,22,23,24). The van der Waals surface area contributed by atoms with Gasteiger partial charge in [-0.3, -0.25) is 4.79 Å². The lowest BCUT2D eigenvalue weighted by Gasteiger charge is -2.32. The number of benzene rings is 1. The summed E-state index contributed by atoms with van der Waals surface area (Å²) in [6, 6.07) is 11.6. The summed E-state index contributed by atoms with van der Waals surface area (Å²) < 4.78 is 0. The summed E-state index contributed by atoms with van der Waals surface area (Å²) in [4.78, 5) is 24.9. The number of rotatable bonds is 5. The number of hydrogen-bond donors (Lipinski definition) is 1. The number of aromatic nitrogens is 2. The van der Waals surface area contributed by atoms with Crippen LogP contribution < -0.4 is 5.32 Å². The van der Waals surface area contributed by atoms with E-state index in [9.17, 15) is 4.79 Å². The molecular weight excluding hydrogens is 356 g/mol. The van der Waals surface area contributed by atoms with Crippen molar-refractivity contribution in [2.75, 3.05) is 25.0 Å². The average Bonchev–Trinajstić information content (AvgIpc) is 3.21. The molecule has 0 saturated carbocycles. The van der Waals surface area contributed by atoms with E-state index in [4.69, 9.17) is 0 Å². The highest BCUT2D eigenvalue weighted by Crippen LogP contribution is 2.26. The summed E-state index contributed by atoms with van der Waals surface area (Å²) in [6.07, 6.45) is 2.87. The molecule has 140 valence electrons. The van der Waals surface area contributed by atoms with Gasteiger partial charge in [-0.2, -0.15) is 0 Å². The molecule has 27 heavy (non-hydrogen) atoms. The zero-order valence-corrected chi connectivity index (χ0v) is 16.3. The number of nitrogens with zero attached hydrogens (tertiary/aromatic N) is 3. The highest BCUT2D eigenvalue weighted by molar-refractivity contribution is 7.16. The van der Waals surface area contributed by atoms with Crippen molar-refractivity contribution >= 4 is 33.3 Å². The molecule has 3 aromatic rings. The lowest BCUT2D eigenvalue weighted by Crippen LogP contribution is -2.39. The summed E-state index contributed by atoms with van der Waals surface area (Å²) in [5.74, 6) is 2.53. The van der Waals surface area contributed by atoms with Gasteiger partial charge in [0.2, 0.25) is 0 Å². The summed E-state index contributed by atoms with van der Waals surface area (Å²) in [5, 5.41) is 6.72. The van der Waals surface area contributed by atoms with E-state index in [-0.39, 0.29) is 5.91 Å². The van der Waals surface area contributed by atoms with E-state index >= 15 is 0 Å². The second kappa shape index (κ2) is 8.05. The van der Waals surface area contributed by atoms with E-state index in [1.165, 1.54) is 0 Å². The molecule has 0 aliphatic carbocycles. The SMILES string of the molecule is CCc1nc(NCC2CCN(C(=O)c3ccccc3)CC2)c2ccsc2n1. The first-order chi connectivity index (χ1) is 13.2. The lowest BCUT2D eigenvalue weighted by molar-refractivity contribution is 0.0695. The highest BCUT2D eigenvalue weighted by atomic mass is 32.1. The second-order valence-corrected chi connectivity index (χ2v) is 7.86. The fourth-order valence-electron chi connectivity index (χ4n) is 3.54. The molecule has 0 spiro atoms. The maximum Gasteiger partial charge on any atom is 0.253 e. The maximum atomic E-state index is 12.6. The molecule has 1 amide bonds. The molecule has 6 heteroatoms. The molecule has 0 unspecified atom stereocenters. The number of piperidine rings is 1. The van der Waals surface area contributed by atoms with Crippen LogP contribution in [0, 0.1) is 5.92 Å². The molecule has 2 aromatic heterocycles. The maximum absolute atomic E-state index is 12.6. The van der Waals surface area contributed by atoms with E-state index < -0.39 is 0 Å². The Hall–Kier alpha value is -2.47. The Balaban J connectivity index is 1.35. The van der Waals surface area contributed by atoms with Crippen molar-refractivity contribution in [2.45, 2.75) is 26.2 Å². The minimum Gasteiger partial charge on any atom is -0.369 e. The van der Waals surface area contributed by atoms with Gasteiger partial charge >= 0.3 is 0 Å². The predicted molar refractivity (Wildman–Crippen MR) is 110 cm³/mol. The number of hydrogen-bond acceptors (Lipinski definition) is 5. The first-order valence-electron chi connectivity index (χ1n) is 9.57. The number of thiophene rings is 1. The third kappa shape index (κ3) is 3.95. The van der Waals surface area contributed by atoms with Gasteiger partial charge in [0.15, 0.2) is 0 Å². The first kappa shape index (κ1) is 17.9. The van der Waals surface area contributed by atoms with Crippen molar-refractivity contribution in [2.24, 2.45) is 5.92 Å². The third-order valence-electron chi connectivity index (χ3n) is 5.17. The zero-order valence-electron chi connectivity index (χ0n) is 15.5. The Kier molecular flexibility index (Phi) is 5.34. The van der Waals surface area contributed by atoms with Crippen molar-refractivity contribution in [3.63, 3.8) is 0 Å². The van der Waals surface area contributed by atoms with E-state index in [0.717, 1.165) is 66.3 Å². The molecule has 3 heterocycles. The molecular formula is C21H24N4OS. The van der Waals surface area contributed by atoms with Crippen LogP contribution in [0.1, 0.15) is 35.9 Å². The molecule has 1 saturated heterocycles. The number of carbonyl (C=O) groups excluding carboxylic acids is 1. The molecule has 5 nitrogen and oxygen atoms in total. The second-order valence-electron chi connectivity index (χ2n) is 6.96. The molecule has 1 fully saturated rings. The smallest absolute Gasteiger partial charge is 0.253 e. The molecule has 0 bridgehead atoms. The van der Waals surface area contributed by atoms with Crippen LogP contribution in [0.5, 0.6) is 0 Å². The van der Waals surface area contributed by atoms with Gasteiger partial charge in [-0.25, -0.2) is 9.97 Å². The topological polar surface area (TPSA) is 58.1 Å². The van der Waals surface area contributed by atoms with Gasteiger partial charge in [0, 0.05) is 31.6 Å². The number of nitrogens with one attached hydrogen (secondary N) is 1. The van der Waals surface area contributed by atoms with Crippen molar-refractivity contribution in [1.29, 1.82) is 0 Å². The van der Waals surface area contributed by atoms with Gasteiger partial charge < -0.3 is 10.2 Å². The highest BCUT2D eigenvalue weighted by Gasteiger charge is 2.23. The number of amides is 1. The van der Waals surface area contributed by atoms with Crippen LogP contribution in [0.25, 0.3) is 10.2 Å². The summed E-state index contributed by atoms with van der Waals surface area (Å²) in [7, 11) is 0. The minimum absolute atomic E-state index is 0.144. The van der Waals surface area contributed by atoms with Gasteiger partial charge in [0.1, 0.15) is 16.5 Å². The lowest BCUT2D eigenvalue weighted by atomic mass is 9.96. The molecule has 0 atom stereocenters. The van der Waals surface area contributed by atoms with Crippen LogP contribution in [0.3, 0.4) is 0 Å². The van der Waals surface area contributed by atoms with Gasteiger partial charge in [-0.15, -0.1) is 11.3 Å². The predicted octanol–water partition coefficient (Wildman–Crippen LogP) is 4.22. The number of carbonyl (C=O) groups is 1. The molecule has 4 rings (SSSR count). The van der Waals surface area contributed by atoms with Crippen LogP contribution in [0.4, 0.5) is 5.82 Å². The largest absolute Gasteiger partial charge is 0.369 e. The number of anilines is 1. The van der Waals surface area contributed by atoms with Crippen LogP contribution in [-0.2, 0) is 6.42 Å². The summed E-state index contributed by atoms with van der Waals surface area (Å²) >= 11 is 1.66. The monoisotopic (exact) mass is 380 g/mol. The number of fused-ring (bicyclic) bond motifs is 1. The van der Waals surface area contributed by atoms with Crippen molar-refractivity contribution < 1.29 is 4.79 Å². The van der Waals surface area contributed by atoms with Gasteiger partial charge in [-0.05, 0) is 42.3 Å². The van der Waals surface area contributed by atoms with E-state index in [1.807, 2.05) is 35.2 Å². The van der Waals surface area contributed by atoms with Gasteiger partial charge in [0.25, 0.3) is 5.91 Å². The molecule has 1 aliphatic rings. The first-order valence-corrected chi connectivity index (χ1v) is 10.4. The Morgan fingerprint density at radius 3 is 2.70 bits per heavy atom. The Labute approximate surface area is 163 Å². The minimum atomic E-state index is 0.144. The van der Waals surface area contributed by atoms with Crippen molar-refractivity contribution in [3.05, 3.63) is 53.2 Å². The molecule has 1 aromatic carbocycles. The number of likely N-dealkylation sites (tertiary alicyclic amines) is 1. The normalized spacial score (nSPS) is 15.2. The average molecular weight is 381 g/mol. The quantitative estimate of drug-likeness (QED) is 0.720. The van der Waals surface area contributed by atoms with Crippen LogP contribution in [0.2, 0.25) is 0 Å². The Morgan fingerprint density at radius 1 is 1.19 bits per heavy atom. The fourth-order valence-corrected chi connectivity index (χ4v) is 4.32. The van der Waals surface area contributed by atoms with E-state index in [1.54, 1.807) is 11.3 Å². The summed E-state index contributed by atoms with van der Waals surface area (Å²) in [5.41, 5.74) is 0.780. The Morgan fingerprint density at radius 2 is 1.96 bits per heavy atom. The number of aryl methyl sites for hydroxylation is 1. The molecule has 1 N–H and O–H groups in total. The van der Waals surface area contributed by atoms with Gasteiger partial charge in [-0.1, -0.05) is 25.1 Å². The van der Waals surface area contributed by atoms with Crippen LogP contribution in [0.15, 0.2) is 41.8 Å². The summed E-state index contributed by atoms with van der Waals surface area (Å²) in [6.45, 7) is 4.60. The molecule has 0 radical (unpaired) electrons. The van der Waals surface area contributed by atoms with Crippen LogP contribution >= 0.6 is 11.3 Å². The van der Waals surface area contributed by atoms with Gasteiger partial charge in [0.05, 0.1) is 5.39 Å². The van der Waals surface area contributed by atoms with E-state index in [2.05, 4.69) is 33.7 Å². The zero-order chi connectivity index (χ0) is 18.6. The fraction of sp³-hybridized carbons (Fsp3) is 0.381.